The molecule has 0 fully saturated rings. The van der Waals surface area contributed by atoms with Crippen LogP contribution < -0.4 is 0 Å². The Kier molecular flexibility index (Phi) is 52.6. The van der Waals surface area contributed by atoms with E-state index >= 15 is 0 Å². The predicted octanol–water partition coefficient (Wildman–Crippen LogP) is 18.4. The number of hydrogen-bond acceptors (Lipinski definition) is 5. The zero-order valence-corrected chi connectivity index (χ0v) is 43.3. The standard InChI is InChI=1S/C63H96O5/c1-4-7-10-13-16-19-22-25-28-31-32-34-35-38-41-44-47-50-53-56-62(64)67-60-61(59-66-58-55-52-49-46-43-40-37-30-27-24-21-18-15-12-9-6-3)68-63(65)57-54-51-48-45-42-39-36-33-29-26-23-20-17-14-11-8-5-2/h7-12,16-21,25-30,32,34,36,38-41,43,45,48,61H,4-6,13-15,22-24,31,33,35,37,42,44,46-47,49-60H2,1-3H3/b10-7-,11-8-,12-9-,19-16-,20-17-,21-18-,28-25-,29-26-,30-27-,34-32-,39-36-,41-38-,43-40-,48-45-. The van der Waals surface area contributed by atoms with E-state index in [2.05, 4.69) is 191 Å². The van der Waals surface area contributed by atoms with Gasteiger partial charge in [-0.05, 0) is 141 Å². The van der Waals surface area contributed by atoms with Gasteiger partial charge in [-0.3, -0.25) is 9.59 Å². The zero-order chi connectivity index (χ0) is 49.2. The Bertz CT molecular complexity index is 1570. The van der Waals surface area contributed by atoms with Gasteiger partial charge >= 0.3 is 11.9 Å². The summed E-state index contributed by atoms with van der Waals surface area (Å²) in [6.07, 6.45) is 85.2. The number of esters is 2. The zero-order valence-electron chi connectivity index (χ0n) is 43.3. The molecule has 1 atom stereocenters. The lowest BCUT2D eigenvalue weighted by Gasteiger charge is -2.18. The van der Waals surface area contributed by atoms with Crippen molar-refractivity contribution >= 4 is 11.9 Å². The van der Waals surface area contributed by atoms with Gasteiger partial charge in [0, 0.05) is 19.4 Å². The molecule has 378 valence electrons. The Balaban J connectivity index is 4.54. The number of allylic oxidation sites excluding steroid dienone is 28. The van der Waals surface area contributed by atoms with E-state index in [-0.39, 0.29) is 25.2 Å². The Hall–Kier alpha value is -4.74. The third kappa shape index (κ3) is 53.9. The second-order valence-electron chi connectivity index (χ2n) is 16.6. The van der Waals surface area contributed by atoms with E-state index in [1.54, 1.807) is 0 Å². The van der Waals surface area contributed by atoms with E-state index in [4.69, 9.17) is 14.2 Å². The molecule has 0 aromatic rings. The van der Waals surface area contributed by atoms with E-state index in [0.29, 0.717) is 25.9 Å². The lowest BCUT2D eigenvalue weighted by atomic mass is 10.1. The minimum Gasteiger partial charge on any atom is -0.462 e. The lowest BCUT2D eigenvalue weighted by Crippen LogP contribution is -2.30. The van der Waals surface area contributed by atoms with Crippen molar-refractivity contribution in [2.45, 2.75) is 194 Å². The molecule has 0 amide bonds. The first-order valence-corrected chi connectivity index (χ1v) is 26.7. The van der Waals surface area contributed by atoms with Crippen LogP contribution in [-0.4, -0.2) is 37.9 Å². The van der Waals surface area contributed by atoms with Crippen LogP contribution in [0.5, 0.6) is 0 Å². The van der Waals surface area contributed by atoms with Crippen LogP contribution in [0, 0.1) is 0 Å². The maximum Gasteiger partial charge on any atom is 0.306 e. The predicted molar refractivity (Wildman–Crippen MR) is 297 cm³/mol. The van der Waals surface area contributed by atoms with Crippen LogP contribution in [0.3, 0.4) is 0 Å². The molecule has 0 saturated heterocycles. The number of carbonyl (C=O) groups is 2. The van der Waals surface area contributed by atoms with Gasteiger partial charge in [0.25, 0.3) is 0 Å². The molecule has 0 N–H and O–H groups in total. The van der Waals surface area contributed by atoms with Gasteiger partial charge in [-0.2, -0.15) is 0 Å². The van der Waals surface area contributed by atoms with Gasteiger partial charge in [0.2, 0.25) is 0 Å². The van der Waals surface area contributed by atoms with Gasteiger partial charge < -0.3 is 14.2 Å². The Labute approximate surface area is 417 Å². The highest BCUT2D eigenvalue weighted by Gasteiger charge is 2.17. The molecule has 5 heteroatoms. The van der Waals surface area contributed by atoms with Crippen molar-refractivity contribution in [2.24, 2.45) is 0 Å². The van der Waals surface area contributed by atoms with Gasteiger partial charge in [0.1, 0.15) is 6.61 Å². The Morgan fingerprint density at radius 1 is 0.324 bits per heavy atom. The Morgan fingerprint density at radius 2 is 0.632 bits per heavy atom. The van der Waals surface area contributed by atoms with Crippen molar-refractivity contribution in [2.75, 3.05) is 19.8 Å². The first kappa shape index (κ1) is 63.3. The molecule has 0 aliphatic carbocycles. The van der Waals surface area contributed by atoms with Crippen LogP contribution in [0.4, 0.5) is 0 Å². The highest BCUT2D eigenvalue weighted by Crippen LogP contribution is 2.09. The summed E-state index contributed by atoms with van der Waals surface area (Å²) in [5.41, 5.74) is 0. The summed E-state index contributed by atoms with van der Waals surface area (Å²) in [5.74, 6) is -0.537. The molecule has 0 aliphatic rings. The molecule has 0 radical (unpaired) electrons. The van der Waals surface area contributed by atoms with Gasteiger partial charge in [-0.1, -0.05) is 204 Å². The number of carbonyl (C=O) groups excluding carboxylic acids is 2. The molecule has 0 aromatic carbocycles. The van der Waals surface area contributed by atoms with E-state index in [1.807, 2.05) is 0 Å². The first-order chi connectivity index (χ1) is 33.6. The van der Waals surface area contributed by atoms with Crippen LogP contribution in [-0.2, 0) is 23.8 Å². The van der Waals surface area contributed by atoms with Crippen molar-refractivity contribution < 1.29 is 23.8 Å². The number of ether oxygens (including phenoxy) is 3. The van der Waals surface area contributed by atoms with Crippen LogP contribution >= 0.6 is 0 Å². The van der Waals surface area contributed by atoms with Crippen LogP contribution in [0.1, 0.15) is 188 Å². The van der Waals surface area contributed by atoms with Crippen molar-refractivity contribution in [3.8, 4) is 0 Å². The maximum absolute atomic E-state index is 12.8. The summed E-state index contributed by atoms with van der Waals surface area (Å²) in [6, 6.07) is 0. The first-order valence-electron chi connectivity index (χ1n) is 26.7. The van der Waals surface area contributed by atoms with E-state index in [1.165, 1.54) is 0 Å². The van der Waals surface area contributed by atoms with Crippen molar-refractivity contribution in [3.05, 3.63) is 170 Å². The van der Waals surface area contributed by atoms with Crippen molar-refractivity contribution in [3.63, 3.8) is 0 Å². The summed E-state index contributed by atoms with van der Waals surface area (Å²) in [6.45, 7) is 7.28. The minimum absolute atomic E-state index is 0.0191. The summed E-state index contributed by atoms with van der Waals surface area (Å²) in [4.78, 5) is 25.4. The van der Waals surface area contributed by atoms with E-state index < -0.39 is 6.10 Å². The van der Waals surface area contributed by atoms with Crippen molar-refractivity contribution in [1.29, 1.82) is 0 Å². The number of rotatable bonds is 46. The summed E-state index contributed by atoms with van der Waals surface area (Å²) in [7, 11) is 0. The molecular weight excluding hydrogens is 837 g/mol. The van der Waals surface area contributed by atoms with E-state index in [9.17, 15) is 9.59 Å². The molecule has 0 bridgehead atoms. The number of hydrogen-bond donors (Lipinski definition) is 0. The minimum atomic E-state index is -0.611. The molecule has 0 aliphatic heterocycles. The highest BCUT2D eigenvalue weighted by molar-refractivity contribution is 5.70. The third-order valence-electron chi connectivity index (χ3n) is 10.2. The van der Waals surface area contributed by atoms with Crippen LogP contribution in [0.2, 0.25) is 0 Å². The fraction of sp³-hybridized carbons (Fsp3) is 0.524. The fourth-order valence-corrected chi connectivity index (χ4v) is 6.38. The van der Waals surface area contributed by atoms with Crippen LogP contribution in [0.15, 0.2) is 170 Å². The van der Waals surface area contributed by atoms with Gasteiger partial charge in [0.15, 0.2) is 6.10 Å². The number of unbranched alkanes of at least 4 members (excludes halogenated alkanes) is 7. The van der Waals surface area contributed by atoms with Crippen molar-refractivity contribution in [1.82, 2.24) is 0 Å². The highest BCUT2D eigenvalue weighted by atomic mass is 16.6. The fourth-order valence-electron chi connectivity index (χ4n) is 6.38. The average Bonchev–Trinajstić information content (AvgIpc) is 3.34. The Morgan fingerprint density at radius 3 is 1.00 bits per heavy atom. The molecule has 0 heterocycles. The maximum atomic E-state index is 12.8. The quantitative estimate of drug-likeness (QED) is 0.0346. The summed E-state index contributed by atoms with van der Waals surface area (Å²) in [5, 5.41) is 0. The van der Waals surface area contributed by atoms with Gasteiger partial charge in [-0.15, -0.1) is 0 Å². The molecule has 0 rings (SSSR count). The van der Waals surface area contributed by atoms with Gasteiger partial charge in [0.05, 0.1) is 6.61 Å². The lowest BCUT2D eigenvalue weighted by molar-refractivity contribution is -0.162. The topological polar surface area (TPSA) is 61.8 Å². The van der Waals surface area contributed by atoms with Gasteiger partial charge in [-0.25, -0.2) is 0 Å². The third-order valence-corrected chi connectivity index (χ3v) is 10.2. The largest absolute Gasteiger partial charge is 0.462 e. The molecular formula is C63H96O5. The molecule has 1 unspecified atom stereocenters. The van der Waals surface area contributed by atoms with Crippen LogP contribution in [0.25, 0.3) is 0 Å². The smallest absolute Gasteiger partial charge is 0.306 e. The molecule has 0 spiro atoms. The SMILES string of the molecule is CC/C=C\C/C=C\C/C=C\C/C=C\C/C=C\CCCCCC(=O)OCC(COCCCCC/C=C\C/C=C\C/C=C\C/C=C\CC)OC(=O)CCC/C=C\C/C=C\C/C=C\C/C=C\C/C=C\CC. The second-order valence-corrected chi connectivity index (χ2v) is 16.6. The normalized spacial score (nSPS) is 13.6. The summed E-state index contributed by atoms with van der Waals surface area (Å²) >= 11 is 0. The van der Waals surface area contributed by atoms with E-state index in [0.717, 1.165) is 148 Å². The average molecular weight is 933 g/mol. The molecule has 0 saturated carbocycles. The molecule has 5 nitrogen and oxygen atoms in total. The monoisotopic (exact) mass is 933 g/mol. The molecule has 68 heavy (non-hydrogen) atoms. The second kappa shape index (κ2) is 56.6. The summed E-state index contributed by atoms with van der Waals surface area (Å²) < 4.78 is 17.3. The molecule has 0 aromatic heterocycles.